The fourth-order valence-corrected chi connectivity index (χ4v) is 3.12. The molecular weight excluding hydrogens is 473 g/mol. The number of nitrogens with two attached hydrogens (primary N) is 1. The Balaban J connectivity index is 0.000000479. The highest BCUT2D eigenvalue weighted by molar-refractivity contribution is 6.07. The zero-order valence-electron chi connectivity index (χ0n) is 16.7. The zero-order valence-corrected chi connectivity index (χ0v) is 16.7. The third kappa shape index (κ3) is 4.86. The van der Waals surface area contributed by atoms with Crippen LogP contribution < -0.4 is 5.73 Å². The van der Waals surface area contributed by atoms with Crippen molar-refractivity contribution < 1.29 is 59.4 Å². The molecule has 3 N–H and O–H groups in total. The van der Waals surface area contributed by atoms with E-state index in [0.29, 0.717) is 0 Å². The molecule has 33 heavy (non-hydrogen) atoms. The monoisotopic (exact) mass is 488 g/mol. The van der Waals surface area contributed by atoms with Gasteiger partial charge in [0.25, 0.3) is 5.91 Å². The van der Waals surface area contributed by atoms with Gasteiger partial charge < -0.3 is 24.9 Å². The van der Waals surface area contributed by atoms with Crippen molar-refractivity contribution >= 4 is 28.8 Å². The predicted molar refractivity (Wildman–Crippen MR) is 93.9 cm³/mol. The van der Waals surface area contributed by atoms with E-state index in [-0.39, 0.29) is 18.8 Å². The first-order chi connectivity index (χ1) is 15.1. The normalized spacial score (nSPS) is 18.2. The van der Waals surface area contributed by atoms with Gasteiger partial charge in [0.2, 0.25) is 11.6 Å². The maximum absolute atomic E-state index is 14.2. The number of furan rings is 1. The van der Waals surface area contributed by atoms with Crippen molar-refractivity contribution in [1.29, 1.82) is 0 Å². The van der Waals surface area contributed by atoms with Crippen molar-refractivity contribution in [3.05, 3.63) is 34.6 Å². The second-order valence-corrected chi connectivity index (χ2v) is 6.80. The van der Waals surface area contributed by atoms with Crippen molar-refractivity contribution in [1.82, 2.24) is 4.90 Å². The second-order valence-electron chi connectivity index (χ2n) is 6.80. The molecule has 1 amide bonds. The summed E-state index contributed by atoms with van der Waals surface area (Å²) in [7, 11) is 1.17. The highest BCUT2D eigenvalue weighted by Gasteiger charge is 2.41. The molecule has 8 nitrogen and oxygen atoms in total. The number of carboxylic acids is 1. The molecule has 0 bridgehead atoms. The minimum atomic E-state index is -5.08. The number of benzene rings is 1. The summed E-state index contributed by atoms with van der Waals surface area (Å²) in [6.45, 7) is 1.06. The number of carboxylic acid groups (broad SMARTS) is 1. The zero-order chi connectivity index (χ0) is 25.4. The van der Waals surface area contributed by atoms with Crippen molar-refractivity contribution in [3.63, 3.8) is 0 Å². The van der Waals surface area contributed by atoms with Crippen LogP contribution in [-0.4, -0.2) is 60.3 Å². The molecule has 182 valence electrons. The van der Waals surface area contributed by atoms with E-state index in [1.165, 1.54) is 14.0 Å². The summed E-state index contributed by atoms with van der Waals surface area (Å²) in [5.41, 5.74) is 4.48. The van der Waals surface area contributed by atoms with Crippen LogP contribution in [0.3, 0.4) is 0 Å². The largest absolute Gasteiger partial charge is 0.490 e. The molecule has 2 heterocycles. The Morgan fingerprint density at radius 3 is 2.06 bits per heavy atom. The number of halogens is 7. The number of rotatable bonds is 2. The highest BCUT2D eigenvalue weighted by Crippen LogP contribution is 2.34. The number of alkyl halides is 3. The van der Waals surface area contributed by atoms with Crippen LogP contribution in [0.15, 0.2) is 4.42 Å². The summed E-state index contributed by atoms with van der Waals surface area (Å²) in [5.74, 6) is -12.8. The molecule has 2 aromatic rings. The summed E-state index contributed by atoms with van der Waals surface area (Å²) < 4.78 is 96.3. The molecule has 3 rings (SSSR count). The Kier molecular flexibility index (Phi) is 7.26. The van der Waals surface area contributed by atoms with Crippen LogP contribution in [0.25, 0.3) is 11.0 Å². The van der Waals surface area contributed by atoms with Crippen molar-refractivity contribution in [3.8, 4) is 0 Å². The quantitative estimate of drug-likeness (QED) is 0.288. The van der Waals surface area contributed by atoms with E-state index < -0.39 is 75.8 Å². The van der Waals surface area contributed by atoms with E-state index in [2.05, 4.69) is 4.74 Å². The molecule has 0 radical (unpaired) electrons. The van der Waals surface area contributed by atoms with Crippen molar-refractivity contribution in [2.24, 2.45) is 11.7 Å². The first-order valence-electron chi connectivity index (χ1n) is 8.81. The standard InChI is InChI=1S/C16H14F4N2O4.C2HF3O2/c1-5-8(9-10(17)11(18)12(19)13(20)14(9)26-5)15(23)22-3-6(7(21)4-22)16(24)25-2;3-2(4,5)1(6)7/h6-7H,3-4,21H2,1-2H3;(H,6,7). The summed E-state index contributed by atoms with van der Waals surface area (Å²) in [6, 6.07) is -0.722. The number of hydrogen-bond donors (Lipinski definition) is 2. The minimum absolute atomic E-state index is 0.0571. The molecule has 1 aromatic carbocycles. The van der Waals surface area contributed by atoms with Crippen LogP contribution in [0.2, 0.25) is 0 Å². The topological polar surface area (TPSA) is 123 Å². The molecule has 0 spiro atoms. The fraction of sp³-hybridized carbons (Fsp3) is 0.389. The van der Waals surface area contributed by atoms with Gasteiger partial charge in [-0.3, -0.25) is 9.59 Å². The number of amides is 1. The molecule has 1 saturated heterocycles. The third-order valence-electron chi connectivity index (χ3n) is 4.69. The van der Waals surface area contributed by atoms with E-state index in [0.717, 1.165) is 4.90 Å². The van der Waals surface area contributed by atoms with Crippen LogP contribution in [0.1, 0.15) is 16.1 Å². The Hall–Kier alpha value is -3.36. The van der Waals surface area contributed by atoms with Crippen molar-refractivity contribution in [2.45, 2.75) is 19.1 Å². The van der Waals surface area contributed by atoms with Gasteiger partial charge in [0, 0.05) is 19.1 Å². The number of likely N-dealkylation sites (tertiary alicyclic amines) is 1. The molecule has 1 fully saturated rings. The predicted octanol–water partition coefficient (Wildman–Crippen LogP) is 2.50. The van der Waals surface area contributed by atoms with Crippen LogP contribution in [0.4, 0.5) is 30.7 Å². The van der Waals surface area contributed by atoms with Gasteiger partial charge in [-0.05, 0) is 6.92 Å². The van der Waals surface area contributed by atoms with E-state index in [4.69, 9.17) is 20.1 Å². The third-order valence-corrected chi connectivity index (χ3v) is 4.69. The fourth-order valence-electron chi connectivity index (χ4n) is 3.12. The number of carbonyl (C=O) groups excluding carboxylic acids is 2. The second kappa shape index (κ2) is 9.25. The highest BCUT2D eigenvalue weighted by atomic mass is 19.4. The number of hydrogen-bond acceptors (Lipinski definition) is 6. The maximum Gasteiger partial charge on any atom is 0.490 e. The van der Waals surface area contributed by atoms with Gasteiger partial charge >= 0.3 is 18.1 Å². The number of methoxy groups -OCH3 is 1. The molecule has 1 aliphatic heterocycles. The van der Waals surface area contributed by atoms with Gasteiger partial charge in [-0.25, -0.2) is 18.0 Å². The Morgan fingerprint density at radius 2 is 1.58 bits per heavy atom. The number of esters is 1. The van der Waals surface area contributed by atoms with E-state index in [1.54, 1.807) is 0 Å². The van der Waals surface area contributed by atoms with Gasteiger partial charge in [-0.1, -0.05) is 0 Å². The number of fused-ring (bicyclic) bond motifs is 1. The van der Waals surface area contributed by atoms with Gasteiger partial charge in [-0.2, -0.15) is 17.6 Å². The molecular formula is C18H15F7N2O6. The molecule has 2 unspecified atom stereocenters. The number of aliphatic carboxylic acids is 1. The van der Waals surface area contributed by atoms with E-state index >= 15 is 0 Å². The summed E-state index contributed by atoms with van der Waals surface area (Å²) in [5, 5.41) is 6.33. The molecule has 1 aliphatic rings. The smallest absolute Gasteiger partial charge is 0.475 e. The lowest BCUT2D eigenvalue weighted by Gasteiger charge is -2.15. The Bertz CT molecular complexity index is 1110. The molecule has 1 aromatic heterocycles. The van der Waals surface area contributed by atoms with Gasteiger partial charge in [-0.15, -0.1) is 0 Å². The SMILES string of the molecule is COC(=O)C1CN(C(=O)c2c(C)oc3c(F)c(F)c(F)c(F)c23)CC1N.O=C(O)C(F)(F)F. The maximum atomic E-state index is 14.2. The minimum Gasteiger partial charge on any atom is -0.475 e. The molecule has 2 atom stereocenters. The van der Waals surface area contributed by atoms with Crippen LogP contribution in [0.5, 0.6) is 0 Å². The van der Waals surface area contributed by atoms with Crippen molar-refractivity contribution in [2.75, 3.05) is 20.2 Å². The first kappa shape index (κ1) is 25.9. The van der Waals surface area contributed by atoms with E-state index in [9.17, 15) is 40.3 Å². The number of carbonyl (C=O) groups is 3. The average Bonchev–Trinajstić information content (AvgIpc) is 3.29. The Labute approximate surface area is 179 Å². The first-order valence-corrected chi connectivity index (χ1v) is 8.81. The number of nitrogens with zero attached hydrogens (tertiary/aromatic N) is 1. The van der Waals surface area contributed by atoms with Gasteiger partial charge in [0.05, 0.1) is 24.0 Å². The molecule has 0 saturated carbocycles. The van der Waals surface area contributed by atoms with E-state index in [1.807, 2.05) is 0 Å². The Morgan fingerprint density at radius 1 is 1.06 bits per heavy atom. The number of ether oxygens (including phenoxy) is 1. The lowest BCUT2D eigenvalue weighted by molar-refractivity contribution is -0.192. The number of aryl methyl sites for hydroxylation is 1. The van der Waals surface area contributed by atoms with Crippen LogP contribution >= 0.6 is 0 Å². The van der Waals surface area contributed by atoms with Gasteiger partial charge in [0.15, 0.2) is 17.2 Å². The lowest BCUT2D eigenvalue weighted by atomic mass is 10.1. The lowest BCUT2D eigenvalue weighted by Crippen LogP contribution is -2.35. The van der Waals surface area contributed by atoms with Gasteiger partial charge in [0.1, 0.15) is 5.76 Å². The van der Waals surface area contributed by atoms with Crippen LogP contribution in [-0.2, 0) is 14.3 Å². The average molecular weight is 488 g/mol. The molecule has 0 aliphatic carbocycles. The summed E-state index contributed by atoms with van der Waals surface area (Å²) in [4.78, 5) is 34.5. The summed E-state index contributed by atoms with van der Waals surface area (Å²) >= 11 is 0. The molecule has 15 heteroatoms. The van der Waals surface area contributed by atoms with Crippen LogP contribution in [0, 0.1) is 36.1 Å². The summed E-state index contributed by atoms with van der Waals surface area (Å²) in [6.07, 6.45) is -5.08.